The number of amides is 4. The van der Waals surface area contributed by atoms with Gasteiger partial charge in [-0.25, -0.2) is 9.78 Å². The van der Waals surface area contributed by atoms with Crippen LogP contribution in [-0.2, 0) is 16.0 Å². The standard InChI is InChI=1S/C51H59BrF3N7O8/c1-32-23-45(44(26-43(32)52)58-49(65)59-46-28-56-33(2)27-57-46)69-30-38-29-60(21-22-68-38)47(63)13-8-6-5-7-9-20-61(48(64)34-15-18-37(19-16-34)70-51(53,54)55)31-50(3,4)42-24-35-14-17-36(62(66)67)25-41(35)39-11-10-12-40(39)42/h10-11,14-19,23,25-28,38-40,42H,5-9,12-13,20-22,24,29-31H2,1-4H3,(H2,57,58,59,65)/t38-,39?,40?,42?/m0/s1. The third-order valence-corrected chi connectivity index (χ3v) is 14.2. The van der Waals surface area contributed by atoms with Gasteiger partial charge in [-0.1, -0.05) is 67.3 Å². The molecule has 2 aliphatic carbocycles. The van der Waals surface area contributed by atoms with E-state index in [4.69, 9.17) is 9.47 Å². The molecule has 0 radical (unpaired) electrons. The number of ether oxygens (including phenoxy) is 3. The van der Waals surface area contributed by atoms with Crippen LogP contribution < -0.4 is 20.1 Å². The summed E-state index contributed by atoms with van der Waals surface area (Å²) in [4.78, 5) is 63.6. The number of halogens is 4. The zero-order chi connectivity index (χ0) is 50.2. The van der Waals surface area contributed by atoms with Crippen LogP contribution >= 0.6 is 15.9 Å². The predicted octanol–water partition coefficient (Wildman–Crippen LogP) is 11.0. The summed E-state index contributed by atoms with van der Waals surface area (Å²) in [6.07, 6.45) is 7.74. The third-order valence-electron chi connectivity index (χ3n) is 13.4. The summed E-state index contributed by atoms with van der Waals surface area (Å²) in [6, 6.07) is 13.1. The highest BCUT2D eigenvalue weighted by Gasteiger charge is 2.45. The van der Waals surface area contributed by atoms with Gasteiger partial charge in [0, 0.05) is 54.1 Å². The van der Waals surface area contributed by atoms with Crippen LogP contribution in [0.4, 0.5) is 35.2 Å². The van der Waals surface area contributed by atoms with Gasteiger partial charge in [-0.15, -0.1) is 13.2 Å². The Labute approximate surface area is 413 Å². The van der Waals surface area contributed by atoms with Crippen molar-refractivity contribution in [3.63, 3.8) is 0 Å². The minimum absolute atomic E-state index is 0.0246. The van der Waals surface area contributed by atoms with Crippen LogP contribution in [0.2, 0.25) is 0 Å². The Morgan fingerprint density at radius 1 is 0.986 bits per heavy atom. The molecule has 0 saturated carbocycles. The number of hydrogen-bond acceptors (Lipinski definition) is 10. The number of benzene rings is 3. The highest BCUT2D eigenvalue weighted by atomic mass is 79.9. The third kappa shape index (κ3) is 13.6. The van der Waals surface area contributed by atoms with Gasteiger partial charge in [0.05, 0.1) is 41.8 Å². The molecule has 15 nitrogen and oxygen atoms in total. The average Bonchev–Trinajstić information content (AvgIpc) is 3.82. The number of urea groups is 1. The molecule has 1 aromatic heterocycles. The largest absolute Gasteiger partial charge is 0.573 e. The van der Waals surface area contributed by atoms with Gasteiger partial charge in [0.2, 0.25) is 5.91 Å². The van der Waals surface area contributed by atoms with E-state index >= 15 is 0 Å². The van der Waals surface area contributed by atoms with Crippen LogP contribution in [0.3, 0.4) is 0 Å². The molecule has 374 valence electrons. The van der Waals surface area contributed by atoms with Gasteiger partial charge >= 0.3 is 12.4 Å². The number of unbranched alkanes of at least 4 members (excludes halogenated alkanes) is 4. The van der Waals surface area contributed by atoms with E-state index in [1.165, 1.54) is 18.3 Å². The lowest BCUT2D eigenvalue weighted by molar-refractivity contribution is -0.385. The van der Waals surface area contributed by atoms with Crippen LogP contribution in [-0.4, -0.2) is 94.4 Å². The summed E-state index contributed by atoms with van der Waals surface area (Å²) in [7, 11) is 0. The number of nitrogens with one attached hydrogen (secondary N) is 2. The molecule has 19 heteroatoms. The van der Waals surface area contributed by atoms with E-state index in [1.54, 1.807) is 41.1 Å². The molecule has 4 aromatic rings. The van der Waals surface area contributed by atoms with Gasteiger partial charge in [-0.3, -0.25) is 30.0 Å². The van der Waals surface area contributed by atoms with Crippen LogP contribution in [0.25, 0.3) is 0 Å². The van der Waals surface area contributed by atoms with Crippen molar-refractivity contribution < 1.29 is 46.7 Å². The Morgan fingerprint density at radius 2 is 1.74 bits per heavy atom. The maximum atomic E-state index is 14.2. The van der Waals surface area contributed by atoms with Crippen LogP contribution in [0, 0.1) is 41.2 Å². The first-order valence-electron chi connectivity index (χ1n) is 23.6. The predicted molar refractivity (Wildman–Crippen MR) is 261 cm³/mol. The molecule has 1 aliphatic heterocycles. The number of morpholine rings is 1. The first-order valence-corrected chi connectivity index (χ1v) is 24.4. The fourth-order valence-electron chi connectivity index (χ4n) is 9.80. The summed E-state index contributed by atoms with van der Waals surface area (Å²) < 4.78 is 55.8. The highest BCUT2D eigenvalue weighted by Crippen LogP contribution is 2.52. The minimum atomic E-state index is -4.86. The molecule has 0 spiro atoms. The lowest BCUT2D eigenvalue weighted by Crippen LogP contribution is -2.47. The number of fused-ring (bicyclic) bond motifs is 3. The van der Waals surface area contributed by atoms with E-state index in [2.05, 4.69) is 67.3 Å². The van der Waals surface area contributed by atoms with Gasteiger partial charge in [-0.05, 0) is 110 Å². The molecule has 3 aromatic carbocycles. The SMILES string of the molecule is Cc1cnc(NC(=O)Nc2cc(Br)c(C)cc2OC[C@@H]2CN(C(=O)CCCCCCCN(CC(C)(C)C3Cc4ccc([N+](=O)[O-])cc4C4C=CCC43)C(=O)c3ccc(OC(F)(F)F)cc3)CCO2)cn1. The van der Waals surface area contributed by atoms with Crippen LogP contribution in [0.15, 0.2) is 83.6 Å². The molecule has 3 unspecified atom stereocenters. The van der Waals surface area contributed by atoms with E-state index in [-0.39, 0.29) is 58.5 Å². The fourth-order valence-corrected chi connectivity index (χ4v) is 10.1. The number of alkyl halides is 3. The molecular formula is C51H59BrF3N7O8. The number of nitro benzene ring substituents is 1. The van der Waals surface area contributed by atoms with Crippen molar-refractivity contribution >= 4 is 51.0 Å². The average molecular weight is 1030 g/mol. The molecule has 0 bridgehead atoms. The molecule has 2 heterocycles. The molecule has 2 N–H and O–H groups in total. The van der Waals surface area contributed by atoms with E-state index in [0.29, 0.717) is 75.7 Å². The van der Waals surface area contributed by atoms with E-state index in [1.807, 2.05) is 19.1 Å². The topological polar surface area (TPSA) is 178 Å². The van der Waals surface area contributed by atoms with Gasteiger partial charge in [0.15, 0.2) is 5.82 Å². The molecule has 7 rings (SSSR count). The summed E-state index contributed by atoms with van der Waals surface area (Å²) in [6.45, 7) is 10.2. The van der Waals surface area contributed by atoms with Crippen molar-refractivity contribution in [2.45, 2.75) is 97.4 Å². The summed E-state index contributed by atoms with van der Waals surface area (Å²) in [5, 5.41) is 17.1. The Bertz CT molecular complexity index is 2540. The lowest BCUT2D eigenvalue weighted by Gasteiger charge is -2.46. The number of aryl methyl sites for hydroxylation is 2. The number of carbonyl (C=O) groups excluding carboxylic acids is 3. The number of aromatic nitrogens is 2. The van der Waals surface area contributed by atoms with Crippen molar-refractivity contribution in [2.75, 3.05) is 50.0 Å². The monoisotopic (exact) mass is 1030 g/mol. The second kappa shape index (κ2) is 22.8. The van der Waals surface area contributed by atoms with Crippen molar-refractivity contribution in [3.8, 4) is 11.5 Å². The van der Waals surface area contributed by atoms with Crippen LogP contribution in [0.1, 0.15) is 97.5 Å². The van der Waals surface area contributed by atoms with Crippen molar-refractivity contribution in [2.24, 2.45) is 17.3 Å². The van der Waals surface area contributed by atoms with E-state index in [0.717, 1.165) is 64.7 Å². The molecule has 1 fully saturated rings. The molecule has 4 amide bonds. The number of allylic oxidation sites excluding steroid dienone is 2. The normalized spacial score (nSPS) is 18.7. The quantitative estimate of drug-likeness (QED) is 0.0397. The fraction of sp³-hybridized carbons (Fsp3) is 0.471. The first-order chi connectivity index (χ1) is 33.3. The number of carbonyl (C=O) groups is 3. The van der Waals surface area contributed by atoms with Crippen LogP contribution in [0.5, 0.6) is 11.5 Å². The number of rotatable bonds is 19. The summed E-state index contributed by atoms with van der Waals surface area (Å²) in [5.74, 6) is 0.414. The first kappa shape index (κ1) is 51.8. The number of non-ortho nitro benzene ring substituents is 1. The maximum Gasteiger partial charge on any atom is 0.573 e. The smallest absolute Gasteiger partial charge is 0.489 e. The number of hydrogen-bond donors (Lipinski definition) is 2. The number of nitrogens with zero attached hydrogens (tertiary/aromatic N) is 5. The summed E-state index contributed by atoms with van der Waals surface area (Å²) in [5.41, 5.74) is 4.00. The lowest BCUT2D eigenvalue weighted by atomic mass is 9.60. The summed E-state index contributed by atoms with van der Waals surface area (Å²) >= 11 is 3.52. The molecule has 3 aliphatic rings. The van der Waals surface area contributed by atoms with Gasteiger partial charge in [-0.2, -0.15) is 0 Å². The maximum absolute atomic E-state index is 14.2. The van der Waals surface area contributed by atoms with Gasteiger partial charge < -0.3 is 29.3 Å². The zero-order valence-corrected chi connectivity index (χ0v) is 41.3. The van der Waals surface area contributed by atoms with Gasteiger partial charge in [0.1, 0.15) is 24.2 Å². The Hall–Kier alpha value is -6.08. The highest BCUT2D eigenvalue weighted by molar-refractivity contribution is 9.10. The van der Waals surface area contributed by atoms with Crippen molar-refractivity contribution in [1.29, 1.82) is 0 Å². The minimum Gasteiger partial charge on any atom is -0.489 e. The zero-order valence-electron chi connectivity index (χ0n) is 39.7. The van der Waals surface area contributed by atoms with E-state index < -0.39 is 23.6 Å². The second-order valence-electron chi connectivity index (χ2n) is 19.0. The Balaban J connectivity index is 0.900. The Kier molecular flexibility index (Phi) is 16.8. The molecular weight excluding hydrogens is 975 g/mol. The van der Waals surface area contributed by atoms with E-state index in [9.17, 15) is 37.7 Å². The van der Waals surface area contributed by atoms with Crippen molar-refractivity contribution in [1.82, 2.24) is 19.8 Å². The van der Waals surface area contributed by atoms with Crippen molar-refractivity contribution in [3.05, 3.63) is 122 Å². The van der Waals surface area contributed by atoms with Gasteiger partial charge in [0.25, 0.3) is 11.6 Å². The Morgan fingerprint density at radius 3 is 2.47 bits per heavy atom. The second-order valence-corrected chi connectivity index (χ2v) is 19.8. The molecule has 4 atom stereocenters. The molecule has 1 saturated heterocycles. The number of nitro groups is 1. The molecule has 70 heavy (non-hydrogen) atoms. The number of anilines is 2.